The van der Waals surface area contributed by atoms with Crippen molar-refractivity contribution in [1.82, 2.24) is 24.5 Å². The van der Waals surface area contributed by atoms with E-state index in [9.17, 15) is 4.79 Å². The van der Waals surface area contributed by atoms with Crippen LogP contribution in [0.2, 0.25) is 0 Å². The minimum atomic E-state index is -0.237. The maximum atomic E-state index is 12.7. The SMILES string of the molecule is CC(C(=O)Nc1ccnn1C(C)C)N1CCOC(Cn2cccn2)C1. The van der Waals surface area contributed by atoms with Crippen LogP contribution in [0.5, 0.6) is 0 Å². The Morgan fingerprint density at radius 3 is 2.92 bits per heavy atom. The molecule has 0 saturated carbocycles. The molecule has 136 valence electrons. The van der Waals surface area contributed by atoms with Crippen molar-refractivity contribution in [2.45, 2.75) is 45.5 Å². The maximum Gasteiger partial charge on any atom is 0.242 e. The minimum Gasteiger partial charge on any atom is -0.374 e. The summed E-state index contributed by atoms with van der Waals surface area (Å²) in [5.74, 6) is 0.704. The third kappa shape index (κ3) is 4.26. The topological polar surface area (TPSA) is 77.2 Å². The number of anilines is 1. The number of hydrogen-bond acceptors (Lipinski definition) is 5. The number of carbonyl (C=O) groups is 1. The van der Waals surface area contributed by atoms with Crippen molar-refractivity contribution in [2.24, 2.45) is 0 Å². The van der Waals surface area contributed by atoms with Gasteiger partial charge in [0.15, 0.2) is 0 Å². The van der Waals surface area contributed by atoms with E-state index in [0.717, 1.165) is 12.4 Å². The molecule has 8 heteroatoms. The third-order valence-electron chi connectivity index (χ3n) is 4.46. The molecule has 0 spiro atoms. The van der Waals surface area contributed by atoms with Crippen LogP contribution in [0.3, 0.4) is 0 Å². The zero-order valence-corrected chi connectivity index (χ0v) is 15.0. The first-order chi connectivity index (χ1) is 12.0. The molecule has 2 aromatic rings. The molecule has 3 heterocycles. The van der Waals surface area contributed by atoms with Crippen LogP contribution in [-0.2, 0) is 16.1 Å². The van der Waals surface area contributed by atoms with Crippen molar-refractivity contribution >= 4 is 11.7 Å². The quantitative estimate of drug-likeness (QED) is 0.855. The molecule has 25 heavy (non-hydrogen) atoms. The lowest BCUT2D eigenvalue weighted by Gasteiger charge is -2.36. The molecule has 1 aliphatic rings. The second kappa shape index (κ2) is 7.79. The van der Waals surface area contributed by atoms with Gasteiger partial charge >= 0.3 is 0 Å². The number of nitrogens with one attached hydrogen (secondary N) is 1. The number of carbonyl (C=O) groups excluding carboxylic acids is 1. The van der Waals surface area contributed by atoms with Crippen LogP contribution in [0.25, 0.3) is 0 Å². The zero-order valence-electron chi connectivity index (χ0n) is 15.0. The number of ether oxygens (including phenoxy) is 1. The fourth-order valence-electron chi connectivity index (χ4n) is 3.04. The summed E-state index contributed by atoms with van der Waals surface area (Å²) in [6.07, 6.45) is 5.42. The highest BCUT2D eigenvalue weighted by molar-refractivity contribution is 5.93. The average Bonchev–Trinajstić information content (AvgIpc) is 3.26. The summed E-state index contributed by atoms with van der Waals surface area (Å²) in [7, 11) is 0. The molecule has 8 nitrogen and oxygen atoms in total. The third-order valence-corrected chi connectivity index (χ3v) is 4.46. The van der Waals surface area contributed by atoms with Gasteiger partial charge in [-0.1, -0.05) is 0 Å². The second-order valence-corrected chi connectivity index (χ2v) is 6.64. The number of aromatic nitrogens is 4. The molecule has 2 atom stereocenters. The number of rotatable bonds is 6. The highest BCUT2D eigenvalue weighted by Crippen LogP contribution is 2.16. The van der Waals surface area contributed by atoms with E-state index in [1.165, 1.54) is 0 Å². The normalized spacial score (nSPS) is 19.9. The van der Waals surface area contributed by atoms with Crippen LogP contribution < -0.4 is 5.32 Å². The van der Waals surface area contributed by atoms with Gasteiger partial charge in [-0.3, -0.25) is 14.4 Å². The first-order valence-electron chi connectivity index (χ1n) is 8.72. The van der Waals surface area contributed by atoms with Crippen molar-refractivity contribution in [2.75, 3.05) is 25.0 Å². The molecule has 1 amide bonds. The Bertz CT molecular complexity index is 681. The summed E-state index contributed by atoms with van der Waals surface area (Å²) in [4.78, 5) is 14.8. The lowest BCUT2D eigenvalue weighted by Crippen LogP contribution is -2.51. The van der Waals surface area contributed by atoms with E-state index in [0.29, 0.717) is 19.7 Å². The van der Waals surface area contributed by atoms with Crippen molar-refractivity contribution < 1.29 is 9.53 Å². The lowest BCUT2D eigenvalue weighted by molar-refractivity contribution is -0.124. The van der Waals surface area contributed by atoms with E-state index in [1.807, 2.05) is 48.5 Å². The predicted molar refractivity (Wildman–Crippen MR) is 94.2 cm³/mol. The summed E-state index contributed by atoms with van der Waals surface area (Å²) in [5.41, 5.74) is 0. The first kappa shape index (κ1) is 17.6. The maximum absolute atomic E-state index is 12.7. The lowest BCUT2D eigenvalue weighted by atomic mass is 10.2. The Morgan fingerprint density at radius 1 is 1.36 bits per heavy atom. The van der Waals surface area contributed by atoms with Gasteiger partial charge in [0.25, 0.3) is 0 Å². The van der Waals surface area contributed by atoms with E-state index in [4.69, 9.17) is 4.74 Å². The predicted octanol–water partition coefficient (Wildman–Crippen LogP) is 1.39. The van der Waals surface area contributed by atoms with Crippen molar-refractivity contribution in [1.29, 1.82) is 0 Å². The molecule has 1 N–H and O–H groups in total. The van der Waals surface area contributed by atoms with E-state index in [1.54, 1.807) is 12.4 Å². The van der Waals surface area contributed by atoms with Crippen LogP contribution in [0.15, 0.2) is 30.7 Å². The monoisotopic (exact) mass is 346 g/mol. The van der Waals surface area contributed by atoms with Gasteiger partial charge in [0.05, 0.1) is 31.5 Å². The Kier molecular flexibility index (Phi) is 5.50. The van der Waals surface area contributed by atoms with Gasteiger partial charge in [-0.2, -0.15) is 10.2 Å². The van der Waals surface area contributed by atoms with E-state index in [2.05, 4.69) is 20.4 Å². The Balaban J connectivity index is 1.58. The Morgan fingerprint density at radius 2 is 2.20 bits per heavy atom. The van der Waals surface area contributed by atoms with E-state index >= 15 is 0 Å². The summed E-state index contributed by atoms with van der Waals surface area (Å²) in [6.45, 7) is 8.76. The summed E-state index contributed by atoms with van der Waals surface area (Å²) in [6, 6.07) is 3.68. The molecular weight excluding hydrogens is 320 g/mol. The van der Waals surface area contributed by atoms with Gasteiger partial charge in [-0.05, 0) is 26.8 Å². The number of morpholine rings is 1. The van der Waals surface area contributed by atoms with Gasteiger partial charge in [-0.15, -0.1) is 0 Å². The summed E-state index contributed by atoms with van der Waals surface area (Å²) in [5, 5.41) is 11.5. The van der Waals surface area contributed by atoms with Crippen molar-refractivity contribution in [3.05, 3.63) is 30.7 Å². The van der Waals surface area contributed by atoms with Crippen LogP contribution in [-0.4, -0.2) is 62.2 Å². The summed E-state index contributed by atoms with van der Waals surface area (Å²) < 4.78 is 9.49. The molecule has 1 fully saturated rings. The zero-order chi connectivity index (χ0) is 17.8. The molecule has 0 aromatic carbocycles. The van der Waals surface area contributed by atoms with Crippen molar-refractivity contribution in [3.8, 4) is 0 Å². The fraction of sp³-hybridized carbons (Fsp3) is 0.588. The molecule has 2 unspecified atom stereocenters. The van der Waals surface area contributed by atoms with Gasteiger partial charge in [-0.25, -0.2) is 4.68 Å². The van der Waals surface area contributed by atoms with Crippen LogP contribution in [0, 0.1) is 0 Å². The number of amides is 1. The minimum absolute atomic E-state index is 0.0258. The second-order valence-electron chi connectivity index (χ2n) is 6.64. The van der Waals surface area contributed by atoms with Gasteiger partial charge in [0.2, 0.25) is 5.91 Å². The Hall–Kier alpha value is -2.19. The highest BCUT2D eigenvalue weighted by Gasteiger charge is 2.28. The highest BCUT2D eigenvalue weighted by atomic mass is 16.5. The first-order valence-corrected chi connectivity index (χ1v) is 8.72. The molecule has 0 bridgehead atoms. The molecule has 0 aliphatic carbocycles. The van der Waals surface area contributed by atoms with E-state index in [-0.39, 0.29) is 24.1 Å². The largest absolute Gasteiger partial charge is 0.374 e. The molecule has 3 rings (SSSR count). The smallest absolute Gasteiger partial charge is 0.242 e. The van der Waals surface area contributed by atoms with Gasteiger partial charge in [0.1, 0.15) is 5.82 Å². The van der Waals surface area contributed by atoms with Crippen LogP contribution >= 0.6 is 0 Å². The standard InChI is InChI=1S/C17H26N6O2/c1-13(2)23-16(5-7-19-23)20-17(24)14(3)21-9-10-25-15(11-21)12-22-8-4-6-18-22/h4-8,13-15H,9-12H2,1-3H3,(H,20,24). The molecule has 2 aromatic heterocycles. The molecule has 1 aliphatic heterocycles. The summed E-state index contributed by atoms with van der Waals surface area (Å²) >= 11 is 0. The average molecular weight is 346 g/mol. The molecule has 1 saturated heterocycles. The fourth-order valence-corrected chi connectivity index (χ4v) is 3.04. The van der Waals surface area contributed by atoms with Crippen LogP contribution in [0.4, 0.5) is 5.82 Å². The number of nitrogens with zero attached hydrogens (tertiary/aromatic N) is 5. The van der Waals surface area contributed by atoms with Gasteiger partial charge < -0.3 is 10.1 Å². The molecule has 0 radical (unpaired) electrons. The Labute approximate surface area is 147 Å². The molecular formula is C17H26N6O2. The number of hydrogen-bond donors (Lipinski definition) is 1. The van der Waals surface area contributed by atoms with Crippen molar-refractivity contribution in [3.63, 3.8) is 0 Å². The van der Waals surface area contributed by atoms with E-state index < -0.39 is 0 Å². The van der Waals surface area contributed by atoms with Gasteiger partial charge in [0, 0.05) is 37.6 Å². The van der Waals surface area contributed by atoms with Crippen LogP contribution in [0.1, 0.15) is 26.8 Å².